The van der Waals surface area contributed by atoms with Crippen molar-refractivity contribution in [1.82, 2.24) is 0 Å². The number of hydrogen-bond acceptors (Lipinski definition) is 2. The molecule has 5 rings (SSSR count). The van der Waals surface area contributed by atoms with E-state index in [1.54, 1.807) is 0 Å². The van der Waals surface area contributed by atoms with Crippen molar-refractivity contribution < 1.29 is 4.74 Å². The fraction of sp³-hybridized carbons (Fsp3) is 0.0909. The van der Waals surface area contributed by atoms with Crippen LogP contribution in [0, 0.1) is 0 Å². The van der Waals surface area contributed by atoms with E-state index in [4.69, 9.17) is 4.74 Å². The van der Waals surface area contributed by atoms with Gasteiger partial charge in [-0.2, -0.15) is 0 Å². The lowest BCUT2D eigenvalue weighted by atomic mass is 9.94. The van der Waals surface area contributed by atoms with Crippen molar-refractivity contribution in [3.63, 3.8) is 0 Å². The van der Waals surface area contributed by atoms with Gasteiger partial charge < -0.3 is 9.64 Å². The van der Waals surface area contributed by atoms with Gasteiger partial charge in [0.1, 0.15) is 0 Å². The van der Waals surface area contributed by atoms with Crippen LogP contribution in [-0.2, 0) is 11.3 Å². The minimum Gasteiger partial charge on any atom is -0.349 e. The molecular formula is C22H17NO. The van der Waals surface area contributed by atoms with Gasteiger partial charge in [-0.1, -0.05) is 72.8 Å². The Morgan fingerprint density at radius 2 is 1.54 bits per heavy atom. The number of nitrogens with zero attached hydrogens (tertiary/aromatic N) is 1. The molecule has 1 unspecified atom stereocenters. The van der Waals surface area contributed by atoms with Gasteiger partial charge in [-0.05, 0) is 23.3 Å². The summed E-state index contributed by atoms with van der Waals surface area (Å²) < 4.78 is 6.27. The van der Waals surface area contributed by atoms with Crippen LogP contribution in [0.5, 0.6) is 0 Å². The van der Waals surface area contributed by atoms with E-state index < -0.39 is 0 Å². The van der Waals surface area contributed by atoms with Gasteiger partial charge in [0.2, 0.25) is 0 Å². The van der Waals surface area contributed by atoms with Gasteiger partial charge in [-0.25, -0.2) is 0 Å². The van der Waals surface area contributed by atoms with Crippen LogP contribution in [0.3, 0.4) is 0 Å². The number of fused-ring (bicyclic) bond motifs is 5. The number of hydrogen-bond donors (Lipinski definition) is 0. The summed E-state index contributed by atoms with van der Waals surface area (Å²) in [5.41, 5.74) is 7.32. The number of anilines is 1. The molecule has 24 heavy (non-hydrogen) atoms. The Hall–Kier alpha value is -2.84. The standard InChI is InChI=1S/C22H17NO/c1-2-8-16(9-3-1)21-14-17-10-4-6-12-19(17)22-23(21)20-13-7-5-11-18(20)15-24-22/h1-14,22H,15H2. The number of para-hydroxylation sites is 1. The van der Waals surface area contributed by atoms with Crippen molar-refractivity contribution in [1.29, 1.82) is 0 Å². The van der Waals surface area contributed by atoms with Gasteiger partial charge in [0.25, 0.3) is 0 Å². The Labute approximate surface area is 141 Å². The van der Waals surface area contributed by atoms with Crippen LogP contribution in [0.15, 0.2) is 78.9 Å². The molecule has 0 aliphatic carbocycles. The summed E-state index contributed by atoms with van der Waals surface area (Å²) in [5, 5.41) is 0. The zero-order valence-corrected chi connectivity index (χ0v) is 13.2. The Balaban J connectivity index is 1.77. The van der Waals surface area contributed by atoms with E-state index in [1.807, 2.05) is 0 Å². The quantitative estimate of drug-likeness (QED) is 0.610. The Kier molecular flexibility index (Phi) is 3.03. The molecule has 0 saturated heterocycles. The van der Waals surface area contributed by atoms with Crippen molar-refractivity contribution in [2.75, 3.05) is 4.90 Å². The second-order valence-electron chi connectivity index (χ2n) is 6.19. The predicted octanol–water partition coefficient (Wildman–Crippen LogP) is 5.23. The first-order valence-corrected chi connectivity index (χ1v) is 8.26. The number of benzene rings is 3. The molecule has 116 valence electrons. The van der Waals surface area contributed by atoms with Crippen LogP contribution in [-0.4, -0.2) is 0 Å². The molecule has 0 fully saturated rings. The third-order valence-corrected chi connectivity index (χ3v) is 4.77. The zero-order valence-electron chi connectivity index (χ0n) is 13.2. The van der Waals surface area contributed by atoms with E-state index >= 15 is 0 Å². The fourth-order valence-corrected chi connectivity index (χ4v) is 3.64. The molecular weight excluding hydrogens is 294 g/mol. The lowest BCUT2D eigenvalue weighted by Gasteiger charge is -2.43. The Morgan fingerprint density at radius 1 is 0.792 bits per heavy atom. The predicted molar refractivity (Wildman–Crippen MR) is 97.2 cm³/mol. The molecule has 0 radical (unpaired) electrons. The average Bonchev–Trinajstić information content (AvgIpc) is 2.67. The maximum absolute atomic E-state index is 6.27. The smallest absolute Gasteiger partial charge is 0.161 e. The van der Waals surface area contributed by atoms with E-state index in [2.05, 4.69) is 89.8 Å². The van der Waals surface area contributed by atoms with Crippen LogP contribution < -0.4 is 4.90 Å². The van der Waals surface area contributed by atoms with Crippen molar-refractivity contribution >= 4 is 17.5 Å². The van der Waals surface area contributed by atoms with Crippen LogP contribution in [0.4, 0.5) is 5.69 Å². The molecule has 0 spiro atoms. The van der Waals surface area contributed by atoms with E-state index in [1.165, 1.54) is 33.6 Å². The highest BCUT2D eigenvalue weighted by molar-refractivity contribution is 5.94. The van der Waals surface area contributed by atoms with Crippen molar-refractivity contribution in [3.8, 4) is 0 Å². The average molecular weight is 311 g/mol. The molecule has 0 amide bonds. The molecule has 2 heteroatoms. The van der Waals surface area contributed by atoms with E-state index in [0.717, 1.165) is 0 Å². The summed E-state index contributed by atoms with van der Waals surface area (Å²) in [6, 6.07) is 27.6. The van der Waals surface area contributed by atoms with Gasteiger partial charge in [0.05, 0.1) is 12.3 Å². The maximum atomic E-state index is 6.27. The third-order valence-electron chi connectivity index (χ3n) is 4.77. The molecule has 0 bridgehead atoms. The molecule has 2 heterocycles. The molecule has 2 aliphatic heterocycles. The van der Waals surface area contributed by atoms with Gasteiger partial charge in [-0.3, -0.25) is 0 Å². The summed E-state index contributed by atoms with van der Waals surface area (Å²) in [6.07, 6.45) is 2.20. The van der Waals surface area contributed by atoms with Crippen molar-refractivity contribution in [2.24, 2.45) is 0 Å². The van der Waals surface area contributed by atoms with E-state index in [-0.39, 0.29) is 6.23 Å². The first-order valence-electron chi connectivity index (χ1n) is 8.26. The van der Waals surface area contributed by atoms with Crippen LogP contribution in [0.25, 0.3) is 11.8 Å². The zero-order chi connectivity index (χ0) is 15.9. The Morgan fingerprint density at radius 3 is 2.46 bits per heavy atom. The molecule has 1 atom stereocenters. The molecule has 2 aliphatic rings. The summed E-state index contributed by atoms with van der Waals surface area (Å²) >= 11 is 0. The minimum absolute atomic E-state index is 0.0729. The van der Waals surface area contributed by atoms with Crippen molar-refractivity contribution in [3.05, 3.63) is 101 Å². The highest BCUT2D eigenvalue weighted by Gasteiger charge is 2.35. The molecule has 0 N–H and O–H groups in total. The fourth-order valence-electron chi connectivity index (χ4n) is 3.64. The normalized spacial score (nSPS) is 18.2. The summed E-state index contributed by atoms with van der Waals surface area (Å²) in [6.45, 7) is 0.647. The first-order chi connectivity index (χ1) is 11.9. The highest BCUT2D eigenvalue weighted by Crippen LogP contribution is 2.46. The molecule has 3 aromatic rings. The molecule has 2 nitrogen and oxygen atoms in total. The largest absolute Gasteiger partial charge is 0.349 e. The van der Waals surface area contributed by atoms with Gasteiger partial charge in [0.15, 0.2) is 6.23 Å². The van der Waals surface area contributed by atoms with E-state index in [9.17, 15) is 0 Å². The minimum atomic E-state index is -0.0729. The monoisotopic (exact) mass is 311 g/mol. The SMILES string of the molecule is C1=C(c2ccccc2)N2c3ccccc3COC2c2ccccc21. The van der Waals surface area contributed by atoms with Gasteiger partial charge >= 0.3 is 0 Å². The lowest BCUT2D eigenvalue weighted by Crippen LogP contribution is -2.35. The van der Waals surface area contributed by atoms with E-state index in [0.29, 0.717) is 6.61 Å². The lowest BCUT2D eigenvalue weighted by molar-refractivity contribution is 0.0344. The van der Waals surface area contributed by atoms with Gasteiger partial charge in [-0.15, -0.1) is 0 Å². The summed E-state index contributed by atoms with van der Waals surface area (Å²) in [4.78, 5) is 2.33. The Bertz CT molecular complexity index is 929. The topological polar surface area (TPSA) is 12.5 Å². The van der Waals surface area contributed by atoms with Crippen molar-refractivity contribution in [2.45, 2.75) is 12.8 Å². The number of rotatable bonds is 1. The second kappa shape index (κ2) is 5.36. The third kappa shape index (κ3) is 2.00. The second-order valence-corrected chi connectivity index (χ2v) is 6.19. The first kappa shape index (κ1) is 13.6. The van der Waals surface area contributed by atoms with Crippen LogP contribution in [0.1, 0.15) is 28.5 Å². The summed E-state index contributed by atoms with van der Waals surface area (Å²) in [5.74, 6) is 0. The maximum Gasteiger partial charge on any atom is 0.161 e. The molecule has 0 aromatic heterocycles. The molecule has 3 aromatic carbocycles. The number of ether oxygens (including phenoxy) is 1. The molecule has 0 saturated carbocycles. The van der Waals surface area contributed by atoms with Gasteiger partial charge in [0, 0.05) is 16.8 Å². The van der Waals surface area contributed by atoms with Crippen LogP contribution >= 0.6 is 0 Å². The highest BCUT2D eigenvalue weighted by atomic mass is 16.5. The van der Waals surface area contributed by atoms with Crippen LogP contribution in [0.2, 0.25) is 0 Å². The summed E-state index contributed by atoms with van der Waals surface area (Å²) in [7, 11) is 0.